The number of aromatic nitrogens is 4. The van der Waals surface area contributed by atoms with Gasteiger partial charge in [-0.25, -0.2) is 4.79 Å². The molecule has 0 saturated carbocycles. The first-order valence-electron chi connectivity index (χ1n) is 9.38. The summed E-state index contributed by atoms with van der Waals surface area (Å²) in [5.74, 6) is 1.17. The molecular weight excluding hydrogens is 424 g/mol. The second kappa shape index (κ2) is 8.85. The van der Waals surface area contributed by atoms with Gasteiger partial charge >= 0.3 is 6.03 Å². The highest BCUT2D eigenvalue weighted by Crippen LogP contribution is 2.31. The van der Waals surface area contributed by atoms with Crippen molar-refractivity contribution in [3.63, 3.8) is 0 Å². The molecule has 1 fully saturated rings. The van der Waals surface area contributed by atoms with Crippen LogP contribution in [0.2, 0.25) is 5.02 Å². The molecule has 1 saturated heterocycles. The third kappa shape index (κ3) is 4.03. The second-order valence-electron chi connectivity index (χ2n) is 6.67. The smallest absolute Gasteiger partial charge is 0.324 e. The number of thioether (sulfide) groups is 1. The van der Waals surface area contributed by atoms with Gasteiger partial charge in [0, 0.05) is 35.3 Å². The summed E-state index contributed by atoms with van der Waals surface area (Å²) in [4.78, 5) is 28.7. The van der Waals surface area contributed by atoms with Crippen molar-refractivity contribution < 1.29 is 9.59 Å². The molecule has 0 atom stereocenters. The van der Waals surface area contributed by atoms with Crippen LogP contribution in [0.1, 0.15) is 12.0 Å². The molecule has 0 unspecified atom stereocenters. The molecule has 3 amide bonds. The molecule has 0 aliphatic carbocycles. The lowest BCUT2D eigenvalue weighted by Gasteiger charge is -2.14. The average Bonchev–Trinajstić information content (AvgIpc) is 3.31. The Kier molecular flexibility index (Phi) is 6.01. The maximum atomic E-state index is 11.7. The monoisotopic (exact) mass is 442 g/mol. The number of hydrogen-bond donors (Lipinski definition) is 1. The highest BCUT2D eigenvalue weighted by molar-refractivity contribution is 7.99. The summed E-state index contributed by atoms with van der Waals surface area (Å²) < 4.78 is 1.98. The lowest BCUT2D eigenvalue weighted by molar-refractivity contribution is -0.124. The van der Waals surface area contributed by atoms with Gasteiger partial charge in [0.05, 0.1) is 12.2 Å². The Hall–Kier alpha value is -2.91. The van der Waals surface area contributed by atoms with E-state index in [-0.39, 0.29) is 18.5 Å². The summed E-state index contributed by atoms with van der Waals surface area (Å²) in [6.07, 6.45) is 4.07. The van der Waals surface area contributed by atoms with E-state index >= 15 is 0 Å². The van der Waals surface area contributed by atoms with E-state index in [4.69, 9.17) is 11.6 Å². The molecule has 10 heteroatoms. The van der Waals surface area contributed by atoms with Crippen molar-refractivity contribution in [1.82, 2.24) is 30.0 Å². The third-order valence-electron chi connectivity index (χ3n) is 4.75. The normalized spacial score (nSPS) is 13.7. The number of imide groups is 1. The Bertz CT molecular complexity index is 1070. The summed E-state index contributed by atoms with van der Waals surface area (Å²) >= 11 is 7.88. The van der Waals surface area contributed by atoms with Gasteiger partial charge in [0.25, 0.3) is 0 Å². The lowest BCUT2D eigenvalue weighted by atomic mass is 10.2. The van der Waals surface area contributed by atoms with Crippen molar-refractivity contribution in [1.29, 1.82) is 0 Å². The number of halogens is 1. The molecule has 1 aromatic carbocycles. The molecule has 30 heavy (non-hydrogen) atoms. The van der Waals surface area contributed by atoms with Crippen molar-refractivity contribution in [2.45, 2.75) is 18.5 Å². The van der Waals surface area contributed by atoms with Gasteiger partial charge in [-0.3, -0.25) is 19.2 Å². The molecule has 0 spiro atoms. The number of carbonyl (C=O) groups is 2. The number of urea groups is 1. The first kappa shape index (κ1) is 20.4. The van der Waals surface area contributed by atoms with Crippen molar-refractivity contribution in [2.75, 3.05) is 18.8 Å². The zero-order valence-corrected chi connectivity index (χ0v) is 17.8. The molecule has 1 aliphatic heterocycles. The minimum absolute atomic E-state index is 0.0731. The summed E-state index contributed by atoms with van der Waals surface area (Å²) in [5.41, 5.74) is 2.72. The predicted molar refractivity (Wildman–Crippen MR) is 115 cm³/mol. The van der Waals surface area contributed by atoms with Crippen molar-refractivity contribution in [2.24, 2.45) is 0 Å². The molecule has 1 N–H and O–H groups in total. The molecule has 3 heterocycles. The molecule has 2 aromatic heterocycles. The minimum atomic E-state index is -0.331. The summed E-state index contributed by atoms with van der Waals surface area (Å²) in [7, 11) is 0. The Morgan fingerprint density at radius 3 is 2.70 bits per heavy atom. The average molecular weight is 443 g/mol. The van der Waals surface area contributed by atoms with Gasteiger partial charge < -0.3 is 5.32 Å². The topological polar surface area (TPSA) is 93.0 Å². The maximum absolute atomic E-state index is 11.7. The van der Waals surface area contributed by atoms with E-state index in [0.717, 1.165) is 16.8 Å². The van der Waals surface area contributed by atoms with Crippen LogP contribution in [-0.2, 0) is 4.79 Å². The van der Waals surface area contributed by atoms with Gasteiger partial charge in [0.15, 0.2) is 11.0 Å². The molecule has 154 valence electrons. The van der Waals surface area contributed by atoms with Crippen LogP contribution in [0.25, 0.3) is 17.1 Å². The third-order valence-corrected chi connectivity index (χ3v) is 6.17. The fraction of sp³-hybridized carbons (Fsp3) is 0.250. The number of benzene rings is 1. The van der Waals surface area contributed by atoms with E-state index in [0.29, 0.717) is 34.7 Å². The number of carbonyl (C=O) groups excluding carboxylic acids is 2. The second-order valence-corrected chi connectivity index (χ2v) is 8.14. The van der Waals surface area contributed by atoms with Gasteiger partial charge in [-0.2, -0.15) is 0 Å². The van der Waals surface area contributed by atoms with E-state index in [9.17, 15) is 9.59 Å². The van der Waals surface area contributed by atoms with E-state index in [1.807, 2.05) is 41.8 Å². The zero-order chi connectivity index (χ0) is 21.1. The van der Waals surface area contributed by atoms with Gasteiger partial charge in [0.1, 0.15) is 0 Å². The van der Waals surface area contributed by atoms with Crippen LogP contribution in [0.5, 0.6) is 0 Å². The van der Waals surface area contributed by atoms with E-state index < -0.39 is 0 Å². The zero-order valence-electron chi connectivity index (χ0n) is 16.2. The number of hydrogen-bond acceptors (Lipinski definition) is 6. The number of nitrogens with zero attached hydrogens (tertiary/aromatic N) is 5. The number of nitrogens with one attached hydrogen (secondary N) is 1. The molecule has 3 aromatic rings. The molecule has 0 bridgehead atoms. The largest absolute Gasteiger partial charge is 0.329 e. The summed E-state index contributed by atoms with van der Waals surface area (Å²) in [5, 5.41) is 12.7. The first-order chi connectivity index (χ1) is 14.6. The van der Waals surface area contributed by atoms with Gasteiger partial charge in [-0.05, 0) is 43.2 Å². The van der Waals surface area contributed by atoms with Crippen LogP contribution < -0.4 is 5.32 Å². The SMILES string of the molecule is Cc1c(Cl)cccc1-n1c(SCCCN2C(=O)CNC2=O)nnc1-c1ccncc1. The van der Waals surface area contributed by atoms with E-state index in [1.165, 1.54) is 16.7 Å². The number of amides is 3. The number of pyridine rings is 1. The van der Waals surface area contributed by atoms with Gasteiger partial charge in [-0.15, -0.1) is 10.2 Å². The Balaban J connectivity index is 1.59. The molecule has 4 rings (SSSR count). The highest BCUT2D eigenvalue weighted by atomic mass is 35.5. The Morgan fingerprint density at radius 1 is 1.17 bits per heavy atom. The maximum Gasteiger partial charge on any atom is 0.324 e. The minimum Gasteiger partial charge on any atom is -0.329 e. The Labute approximate surface area is 182 Å². The van der Waals surface area contributed by atoms with Crippen LogP contribution in [-0.4, -0.2) is 55.4 Å². The van der Waals surface area contributed by atoms with Crippen LogP contribution in [0, 0.1) is 6.92 Å². The van der Waals surface area contributed by atoms with Crippen LogP contribution in [0.15, 0.2) is 47.9 Å². The van der Waals surface area contributed by atoms with Gasteiger partial charge in [-0.1, -0.05) is 29.4 Å². The fourth-order valence-corrected chi connectivity index (χ4v) is 4.21. The van der Waals surface area contributed by atoms with Crippen LogP contribution in [0.3, 0.4) is 0 Å². The molecule has 8 nitrogen and oxygen atoms in total. The quantitative estimate of drug-likeness (QED) is 0.343. The molecular formula is C20H19ClN6O2S. The van der Waals surface area contributed by atoms with Crippen molar-refractivity contribution >= 4 is 35.3 Å². The molecule has 0 radical (unpaired) electrons. The Morgan fingerprint density at radius 2 is 1.97 bits per heavy atom. The van der Waals surface area contributed by atoms with Crippen molar-refractivity contribution in [3.8, 4) is 17.1 Å². The first-order valence-corrected chi connectivity index (χ1v) is 10.7. The van der Waals surface area contributed by atoms with Crippen molar-refractivity contribution in [3.05, 3.63) is 53.3 Å². The molecule has 1 aliphatic rings. The van der Waals surface area contributed by atoms with E-state index in [1.54, 1.807) is 12.4 Å². The fourth-order valence-electron chi connectivity index (χ4n) is 3.17. The summed E-state index contributed by atoms with van der Waals surface area (Å²) in [6.45, 7) is 2.41. The van der Waals surface area contributed by atoms with E-state index in [2.05, 4.69) is 20.5 Å². The van der Waals surface area contributed by atoms with Gasteiger partial charge in [0.2, 0.25) is 5.91 Å². The van der Waals surface area contributed by atoms with Crippen LogP contribution >= 0.6 is 23.4 Å². The number of rotatable bonds is 7. The predicted octanol–water partition coefficient (Wildman–Crippen LogP) is 3.33. The van der Waals surface area contributed by atoms with Crippen LogP contribution in [0.4, 0.5) is 4.79 Å². The summed E-state index contributed by atoms with van der Waals surface area (Å²) in [6, 6.07) is 9.16. The lowest BCUT2D eigenvalue weighted by Crippen LogP contribution is -2.32. The highest BCUT2D eigenvalue weighted by Gasteiger charge is 2.27. The standard InChI is InChI=1S/C20H19ClN6O2S/c1-13-15(21)4-2-5-16(13)27-18(14-6-8-22-9-7-14)24-25-20(27)30-11-3-10-26-17(28)12-23-19(26)29/h2,4-9H,3,10-12H2,1H3,(H,23,29).